The molecule has 0 unspecified atom stereocenters. The third-order valence-electron chi connectivity index (χ3n) is 5.20. The summed E-state index contributed by atoms with van der Waals surface area (Å²) in [4.78, 5) is 11.2. The SMILES string of the molecule is CN(c1ccccc1)S(=O)(=O)c1ccc(-c2cccc(-n3nnc(C(=O)O)c3C(F)(F)F)c2)cc1. The van der Waals surface area contributed by atoms with Crippen LogP contribution in [0.2, 0.25) is 0 Å². The smallest absolute Gasteiger partial charge is 0.436 e. The van der Waals surface area contributed by atoms with Crippen LogP contribution < -0.4 is 4.31 Å². The Morgan fingerprint density at radius 2 is 1.60 bits per heavy atom. The van der Waals surface area contributed by atoms with Crippen molar-refractivity contribution in [1.82, 2.24) is 15.0 Å². The maximum atomic E-state index is 13.5. The Balaban J connectivity index is 1.69. The minimum absolute atomic E-state index is 0.0329. The zero-order valence-corrected chi connectivity index (χ0v) is 18.8. The molecule has 0 saturated carbocycles. The average molecular weight is 502 g/mol. The van der Waals surface area contributed by atoms with Crippen LogP contribution in [0.1, 0.15) is 16.2 Å². The fourth-order valence-corrected chi connectivity index (χ4v) is 4.63. The molecule has 1 heterocycles. The van der Waals surface area contributed by atoms with Gasteiger partial charge in [0.15, 0.2) is 5.69 Å². The molecule has 0 bridgehead atoms. The average Bonchev–Trinajstić information content (AvgIpc) is 3.31. The Hall–Kier alpha value is -4.19. The molecule has 0 atom stereocenters. The second-order valence-corrected chi connectivity index (χ2v) is 9.35. The lowest BCUT2D eigenvalue weighted by Crippen LogP contribution is -2.26. The largest absolute Gasteiger partial charge is 0.476 e. The molecule has 0 aliphatic rings. The van der Waals surface area contributed by atoms with Crippen LogP contribution in [0, 0.1) is 0 Å². The van der Waals surface area contributed by atoms with Gasteiger partial charge in [-0.1, -0.05) is 47.7 Å². The zero-order valence-electron chi connectivity index (χ0n) is 18.0. The third-order valence-corrected chi connectivity index (χ3v) is 7.00. The standard InChI is InChI=1S/C23H17F3N4O4S/c1-29(17-7-3-2-4-8-17)35(33,34)19-12-10-15(11-13-19)16-6-5-9-18(14-16)30-21(23(24,25)26)20(22(31)32)27-28-30/h2-14H,1H3,(H,31,32). The number of aromatic nitrogens is 3. The molecular formula is C23H17F3N4O4S. The van der Waals surface area contributed by atoms with Gasteiger partial charge < -0.3 is 5.11 Å². The van der Waals surface area contributed by atoms with Crippen molar-refractivity contribution in [2.24, 2.45) is 0 Å². The minimum Gasteiger partial charge on any atom is -0.476 e. The van der Waals surface area contributed by atoms with E-state index in [-0.39, 0.29) is 10.6 Å². The molecule has 12 heteroatoms. The molecule has 1 N–H and O–H groups in total. The van der Waals surface area contributed by atoms with Crippen LogP contribution in [-0.2, 0) is 16.2 Å². The van der Waals surface area contributed by atoms with Gasteiger partial charge in [-0.3, -0.25) is 4.31 Å². The van der Waals surface area contributed by atoms with E-state index < -0.39 is 33.6 Å². The van der Waals surface area contributed by atoms with E-state index in [0.717, 1.165) is 4.31 Å². The summed E-state index contributed by atoms with van der Waals surface area (Å²) in [7, 11) is -2.40. The van der Waals surface area contributed by atoms with E-state index in [1.807, 2.05) is 0 Å². The molecule has 0 aliphatic carbocycles. The summed E-state index contributed by atoms with van der Waals surface area (Å²) in [5, 5.41) is 15.6. The number of hydrogen-bond donors (Lipinski definition) is 1. The van der Waals surface area contributed by atoms with Crippen molar-refractivity contribution in [3.05, 3.63) is 90.3 Å². The highest BCUT2D eigenvalue weighted by molar-refractivity contribution is 7.92. The topological polar surface area (TPSA) is 105 Å². The normalized spacial score (nSPS) is 11.9. The maximum Gasteiger partial charge on any atom is 0.436 e. The highest BCUT2D eigenvalue weighted by Crippen LogP contribution is 2.34. The summed E-state index contributed by atoms with van der Waals surface area (Å²) in [6.07, 6.45) is -5.01. The lowest BCUT2D eigenvalue weighted by Gasteiger charge is -2.19. The summed E-state index contributed by atoms with van der Waals surface area (Å²) in [5.41, 5.74) is -1.30. The minimum atomic E-state index is -5.01. The summed E-state index contributed by atoms with van der Waals surface area (Å²) in [6, 6.07) is 20.2. The first-order chi connectivity index (χ1) is 16.5. The van der Waals surface area contributed by atoms with Crippen LogP contribution in [0.25, 0.3) is 16.8 Å². The van der Waals surface area contributed by atoms with Crippen molar-refractivity contribution < 1.29 is 31.5 Å². The molecule has 4 rings (SSSR count). The van der Waals surface area contributed by atoms with Crippen molar-refractivity contribution in [1.29, 1.82) is 0 Å². The molecule has 0 aliphatic heterocycles. The molecule has 0 saturated heterocycles. The van der Waals surface area contributed by atoms with Gasteiger partial charge in [0.2, 0.25) is 5.69 Å². The Morgan fingerprint density at radius 1 is 0.943 bits per heavy atom. The number of nitrogens with zero attached hydrogens (tertiary/aromatic N) is 4. The Kier molecular flexibility index (Phi) is 6.07. The van der Waals surface area contributed by atoms with E-state index in [4.69, 9.17) is 5.11 Å². The quantitative estimate of drug-likeness (QED) is 0.417. The predicted octanol–water partition coefficient (Wildman–Crippen LogP) is 4.48. The van der Waals surface area contributed by atoms with Gasteiger partial charge in [0.05, 0.1) is 16.3 Å². The highest BCUT2D eigenvalue weighted by Gasteiger charge is 2.42. The van der Waals surface area contributed by atoms with Crippen LogP contribution in [0.15, 0.2) is 83.8 Å². The van der Waals surface area contributed by atoms with Crippen molar-refractivity contribution in [3.63, 3.8) is 0 Å². The van der Waals surface area contributed by atoms with Gasteiger partial charge in [0.1, 0.15) is 0 Å². The molecule has 180 valence electrons. The Morgan fingerprint density at radius 3 is 2.20 bits per heavy atom. The van der Waals surface area contributed by atoms with Gasteiger partial charge in [-0.15, -0.1) is 5.10 Å². The molecule has 1 aromatic heterocycles. The van der Waals surface area contributed by atoms with Crippen LogP contribution >= 0.6 is 0 Å². The molecule has 0 fully saturated rings. The molecule has 8 nitrogen and oxygen atoms in total. The van der Waals surface area contributed by atoms with E-state index in [0.29, 0.717) is 21.5 Å². The molecule has 0 amide bonds. The molecular weight excluding hydrogens is 485 g/mol. The van der Waals surface area contributed by atoms with Gasteiger partial charge in [0, 0.05) is 7.05 Å². The second kappa shape index (κ2) is 8.87. The number of carboxylic acids is 1. The monoisotopic (exact) mass is 502 g/mol. The lowest BCUT2D eigenvalue weighted by molar-refractivity contribution is -0.143. The van der Waals surface area contributed by atoms with Gasteiger partial charge in [-0.2, -0.15) is 13.2 Å². The summed E-state index contributed by atoms with van der Waals surface area (Å²) >= 11 is 0. The number of alkyl halides is 3. The molecule has 3 aromatic carbocycles. The van der Waals surface area contributed by atoms with Gasteiger partial charge >= 0.3 is 12.1 Å². The van der Waals surface area contributed by atoms with Crippen LogP contribution in [0.3, 0.4) is 0 Å². The number of benzene rings is 3. The first-order valence-corrected chi connectivity index (χ1v) is 11.4. The first-order valence-electron chi connectivity index (χ1n) is 10.0. The number of halogens is 3. The molecule has 4 aromatic rings. The van der Waals surface area contributed by atoms with E-state index in [1.54, 1.807) is 36.4 Å². The van der Waals surface area contributed by atoms with Crippen molar-refractivity contribution in [3.8, 4) is 16.8 Å². The fourth-order valence-electron chi connectivity index (χ4n) is 3.43. The van der Waals surface area contributed by atoms with Crippen LogP contribution in [-0.4, -0.2) is 41.5 Å². The number of aromatic carboxylic acids is 1. The molecule has 35 heavy (non-hydrogen) atoms. The van der Waals surface area contributed by atoms with Gasteiger partial charge in [0.25, 0.3) is 10.0 Å². The van der Waals surface area contributed by atoms with Crippen LogP contribution in [0.5, 0.6) is 0 Å². The van der Waals surface area contributed by atoms with E-state index in [1.165, 1.54) is 49.5 Å². The Bertz CT molecular complexity index is 1490. The van der Waals surface area contributed by atoms with E-state index in [2.05, 4.69) is 10.3 Å². The number of carbonyl (C=O) groups is 1. The van der Waals surface area contributed by atoms with E-state index in [9.17, 15) is 26.4 Å². The lowest BCUT2D eigenvalue weighted by atomic mass is 10.1. The molecule has 0 spiro atoms. The predicted molar refractivity (Wildman–Crippen MR) is 121 cm³/mol. The number of rotatable bonds is 6. The second-order valence-electron chi connectivity index (χ2n) is 7.38. The van der Waals surface area contributed by atoms with Gasteiger partial charge in [-0.05, 0) is 47.5 Å². The third kappa shape index (κ3) is 4.60. The summed E-state index contributed by atoms with van der Waals surface area (Å²) < 4.78 is 68.1. The van der Waals surface area contributed by atoms with E-state index >= 15 is 0 Å². The first kappa shape index (κ1) is 24.0. The number of hydrogen-bond acceptors (Lipinski definition) is 5. The molecule has 0 radical (unpaired) electrons. The fraction of sp³-hybridized carbons (Fsp3) is 0.0870. The van der Waals surface area contributed by atoms with Crippen molar-refractivity contribution in [2.75, 3.05) is 11.4 Å². The van der Waals surface area contributed by atoms with Gasteiger partial charge in [-0.25, -0.2) is 17.9 Å². The number of para-hydroxylation sites is 1. The summed E-state index contributed by atoms with van der Waals surface area (Å²) in [5.74, 6) is -1.85. The summed E-state index contributed by atoms with van der Waals surface area (Å²) in [6.45, 7) is 0. The highest BCUT2D eigenvalue weighted by atomic mass is 32.2. The maximum absolute atomic E-state index is 13.5. The number of anilines is 1. The Labute approximate surface area is 197 Å². The van der Waals surface area contributed by atoms with Crippen LogP contribution in [0.4, 0.5) is 18.9 Å². The number of carboxylic acid groups (broad SMARTS) is 1. The zero-order chi connectivity index (χ0) is 25.4. The van der Waals surface area contributed by atoms with Crippen molar-refractivity contribution >= 4 is 21.7 Å². The number of sulfonamides is 1. The van der Waals surface area contributed by atoms with Crippen molar-refractivity contribution in [2.45, 2.75) is 11.1 Å².